The van der Waals surface area contributed by atoms with E-state index in [1.165, 1.54) is 4.57 Å². The van der Waals surface area contributed by atoms with Gasteiger partial charge >= 0.3 is 0 Å². The first-order valence-corrected chi connectivity index (χ1v) is 14.3. The smallest absolute Gasteiger partial charge is 0.270 e. The molecule has 1 saturated carbocycles. The highest BCUT2D eigenvalue weighted by atomic mass is 16.7. The van der Waals surface area contributed by atoms with E-state index in [0.29, 0.717) is 28.7 Å². The van der Waals surface area contributed by atoms with Crippen LogP contribution in [0.4, 0.5) is 11.4 Å². The number of hydrogen-bond donors (Lipinski definition) is 0. The summed E-state index contributed by atoms with van der Waals surface area (Å²) in [5, 5.41) is 19.5. The number of fused-ring (bicyclic) bond motifs is 2. The van der Waals surface area contributed by atoms with Crippen LogP contribution in [0.15, 0.2) is 35.1 Å². The van der Waals surface area contributed by atoms with Gasteiger partial charge in [0.05, 0.1) is 17.8 Å². The zero-order valence-electron chi connectivity index (χ0n) is 23.5. The Kier molecular flexibility index (Phi) is 7.42. The molecule has 0 amide bonds. The number of aryl methyl sites for hydroxylation is 1. The Morgan fingerprint density at radius 2 is 1.80 bits per heavy atom. The van der Waals surface area contributed by atoms with Gasteiger partial charge in [0.25, 0.3) is 5.56 Å². The molecule has 2 aliphatic heterocycles. The number of anilines is 2. The van der Waals surface area contributed by atoms with Crippen molar-refractivity contribution in [2.75, 3.05) is 43.4 Å². The zero-order valence-corrected chi connectivity index (χ0v) is 23.5. The van der Waals surface area contributed by atoms with Crippen molar-refractivity contribution in [1.82, 2.24) is 9.55 Å². The van der Waals surface area contributed by atoms with Gasteiger partial charge in [-0.05, 0) is 68.7 Å². The summed E-state index contributed by atoms with van der Waals surface area (Å²) in [6.45, 7) is 2.79. The molecule has 2 fully saturated rings. The molecule has 3 aliphatic rings. The first kappa shape index (κ1) is 26.9. The SMILES string of the molecule is Cn1c(=O)c(C#N)c(N(C)[C@H]2CC[C@@H](N(C[C@H]3CCCOC3)c3ccc4c(c3)OCO4)CC2)c2nc(C#N)ccc21. The first-order valence-electron chi connectivity index (χ1n) is 14.3. The van der Waals surface area contributed by atoms with Crippen LogP contribution in [0, 0.1) is 28.6 Å². The summed E-state index contributed by atoms with van der Waals surface area (Å²) in [6, 6.07) is 14.2. The van der Waals surface area contributed by atoms with Crippen LogP contribution in [0.25, 0.3) is 11.0 Å². The Labute approximate surface area is 239 Å². The fraction of sp³-hybridized carbons (Fsp3) is 0.484. The molecule has 6 rings (SSSR count). The highest BCUT2D eigenvalue weighted by Crippen LogP contribution is 2.39. The molecule has 1 aliphatic carbocycles. The van der Waals surface area contributed by atoms with Gasteiger partial charge < -0.3 is 28.6 Å². The second-order valence-electron chi connectivity index (χ2n) is 11.2. The van der Waals surface area contributed by atoms with Gasteiger partial charge in [-0.1, -0.05) is 0 Å². The van der Waals surface area contributed by atoms with Crippen LogP contribution in [0.3, 0.4) is 0 Å². The van der Waals surface area contributed by atoms with Gasteiger partial charge in [0.15, 0.2) is 11.5 Å². The van der Waals surface area contributed by atoms with Gasteiger partial charge in [-0.15, -0.1) is 0 Å². The number of aromatic nitrogens is 2. The van der Waals surface area contributed by atoms with Crippen LogP contribution in [0.5, 0.6) is 11.5 Å². The number of ether oxygens (including phenoxy) is 3. The van der Waals surface area contributed by atoms with E-state index in [0.717, 1.165) is 75.5 Å². The number of hydrogen-bond acceptors (Lipinski definition) is 9. The van der Waals surface area contributed by atoms with Crippen molar-refractivity contribution in [3.05, 3.63) is 51.9 Å². The van der Waals surface area contributed by atoms with E-state index in [-0.39, 0.29) is 29.7 Å². The van der Waals surface area contributed by atoms with E-state index in [9.17, 15) is 15.3 Å². The first-order chi connectivity index (χ1) is 20.0. The van der Waals surface area contributed by atoms with Gasteiger partial charge in [0, 0.05) is 51.1 Å². The average molecular weight is 555 g/mol. The fourth-order valence-corrected chi connectivity index (χ4v) is 6.60. The summed E-state index contributed by atoms with van der Waals surface area (Å²) in [7, 11) is 3.58. The van der Waals surface area contributed by atoms with Crippen LogP contribution < -0.4 is 24.8 Å². The second-order valence-corrected chi connectivity index (χ2v) is 11.2. The van der Waals surface area contributed by atoms with E-state index in [1.807, 2.05) is 18.0 Å². The molecular weight excluding hydrogens is 520 g/mol. The molecule has 2 aromatic heterocycles. The topological polar surface area (TPSA) is 117 Å². The molecule has 1 saturated heterocycles. The molecule has 0 unspecified atom stereocenters. The molecule has 41 heavy (non-hydrogen) atoms. The Morgan fingerprint density at radius 3 is 2.54 bits per heavy atom. The number of rotatable bonds is 6. The van der Waals surface area contributed by atoms with Gasteiger partial charge in [0.2, 0.25) is 6.79 Å². The maximum absolute atomic E-state index is 13.1. The molecule has 10 nitrogen and oxygen atoms in total. The van der Waals surface area contributed by atoms with E-state index < -0.39 is 0 Å². The Balaban J connectivity index is 1.27. The highest BCUT2D eigenvalue weighted by molar-refractivity contribution is 5.92. The van der Waals surface area contributed by atoms with Crippen LogP contribution in [-0.2, 0) is 11.8 Å². The molecule has 0 radical (unpaired) electrons. The van der Waals surface area contributed by atoms with Crippen LogP contribution >= 0.6 is 0 Å². The minimum atomic E-state index is -0.356. The lowest BCUT2D eigenvalue weighted by Crippen LogP contribution is -2.46. The van der Waals surface area contributed by atoms with E-state index in [1.54, 1.807) is 19.2 Å². The minimum Gasteiger partial charge on any atom is -0.454 e. The number of nitriles is 2. The fourth-order valence-electron chi connectivity index (χ4n) is 6.60. The number of benzene rings is 1. The van der Waals surface area contributed by atoms with Crippen LogP contribution in [-0.4, -0.2) is 55.2 Å². The lowest BCUT2D eigenvalue weighted by Gasteiger charge is -2.43. The predicted octanol–water partition coefficient (Wildman–Crippen LogP) is 4.09. The van der Waals surface area contributed by atoms with Crippen molar-refractivity contribution in [3.8, 4) is 23.6 Å². The number of nitrogens with zero attached hydrogens (tertiary/aromatic N) is 6. The third-order valence-electron chi connectivity index (χ3n) is 8.85. The van der Waals surface area contributed by atoms with Crippen molar-refractivity contribution in [3.63, 3.8) is 0 Å². The quantitative estimate of drug-likeness (QED) is 0.444. The molecule has 0 N–H and O–H groups in total. The van der Waals surface area contributed by atoms with Crippen LogP contribution in [0.1, 0.15) is 49.8 Å². The maximum Gasteiger partial charge on any atom is 0.270 e. The van der Waals surface area contributed by atoms with Gasteiger partial charge in [-0.3, -0.25) is 4.79 Å². The van der Waals surface area contributed by atoms with Crippen molar-refractivity contribution in [1.29, 1.82) is 10.5 Å². The Morgan fingerprint density at radius 1 is 1.02 bits per heavy atom. The molecule has 10 heteroatoms. The van der Waals surface area contributed by atoms with Crippen molar-refractivity contribution in [2.45, 2.75) is 50.6 Å². The second kappa shape index (κ2) is 11.3. The monoisotopic (exact) mass is 554 g/mol. The third kappa shape index (κ3) is 5.05. The summed E-state index contributed by atoms with van der Waals surface area (Å²) in [4.78, 5) is 22.2. The average Bonchev–Trinajstić information content (AvgIpc) is 3.49. The lowest BCUT2D eigenvalue weighted by atomic mass is 9.87. The Hall–Kier alpha value is -4.28. The summed E-state index contributed by atoms with van der Waals surface area (Å²) in [5.74, 6) is 2.04. The molecule has 1 atom stereocenters. The minimum absolute atomic E-state index is 0.0616. The summed E-state index contributed by atoms with van der Waals surface area (Å²) >= 11 is 0. The Bertz CT molecular complexity index is 1590. The van der Waals surface area contributed by atoms with Crippen molar-refractivity contribution < 1.29 is 14.2 Å². The largest absolute Gasteiger partial charge is 0.454 e. The molecule has 3 aromatic rings. The highest BCUT2D eigenvalue weighted by Gasteiger charge is 2.33. The molecular formula is C31H34N6O4. The maximum atomic E-state index is 13.1. The van der Waals surface area contributed by atoms with Crippen molar-refractivity contribution >= 4 is 22.4 Å². The zero-order chi connectivity index (χ0) is 28.5. The van der Waals surface area contributed by atoms with Gasteiger partial charge in [-0.2, -0.15) is 10.5 Å². The molecule has 212 valence electrons. The molecule has 1 aromatic carbocycles. The predicted molar refractivity (Wildman–Crippen MR) is 154 cm³/mol. The third-order valence-corrected chi connectivity index (χ3v) is 8.85. The normalized spacial score (nSPS) is 21.7. The van der Waals surface area contributed by atoms with E-state index in [4.69, 9.17) is 14.2 Å². The standard InChI is InChI=1S/C31H34N6O4/c1-35(30-25(16-33)31(38)36(2)26-11-5-21(15-32)34-29(26)30)22-6-8-23(9-7-22)37(17-20-4-3-13-39-18-20)24-10-12-27-28(14-24)41-19-40-27/h5,10-12,14,20,22-23H,3-4,6-9,13,17-19H2,1-2H3/t20-,22-,23+/m1/s1. The van der Waals surface area contributed by atoms with Crippen LogP contribution in [0.2, 0.25) is 0 Å². The summed E-state index contributed by atoms with van der Waals surface area (Å²) in [5.41, 5.74) is 2.72. The number of pyridine rings is 2. The van der Waals surface area contributed by atoms with Gasteiger partial charge in [-0.25, -0.2) is 4.98 Å². The lowest BCUT2D eigenvalue weighted by molar-refractivity contribution is 0.0562. The van der Waals surface area contributed by atoms with Gasteiger partial charge in [0.1, 0.15) is 28.9 Å². The van der Waals surface area contributed by atoms with E-state index >= 15 is 0 Å². The molecule has 4 heterocycles. The molecule has 0 bridgehead atoms. The summed E-state index contributed by atoms with van der Waals surface area (Å²) < 4.78 is 18.5. The molecule has 0 spiro atoms. The van der Waals surface area contributed by atoms with Crippen molar-refractivity contribution in [2.24, 2.45) is 13.0 Å². The van der Waals surface area contributed by atoms with E-state index in [2.05, 4.69) is 34.2 Å². The summed E-state index contributed by atoms with van der Waals surface area (Å²) in [6.07, 6.45) is 5.94.